The Hall–Kier alpha value is -4.23. The van der Waals surface area contributed by atoms with Crippen LogP contribution in [0.25, 0.3) is 0 Å². The van der Waals surface area contributed by atoms with Crippen molar-refractivity contribution in [2.75, 3.05) is 24.9 Å². The van der Waals surface area contributed by atoms with E-state index in [2.05, 4.69) is 10.6 Å². The van der Waals surface area contributed by atoms with Gasteiger partial charge in [-0.3, -0.25) is 9.59 Å². The normalized spacial score (nSPS) is 11.3. The number of carbonyl (C=O) groups is 2. The molecule has 1 unspecified atom stereocenters. The van der Waals surface area contributed by atoms with Crippen LogP contribution in [-0.4, -0.2) is 26.0 Å². The summed E-state index contributed by atoms with van der Waals surface area (Å²) in [6, 6.07) is 31.3. The van der Waals surface area contributed by atoms with Gasteiger partial charge in [-0.25, -0.2) is 0 Å². The molecule has 0 aliphatic rings. The third kappa shape index (κ3) is 6.46. The van der Waals surface area contributed by atoms with Crippen LogP contribution < -0.4 is 20.1 Å². The molecule has 0 aliphatic heterocycles. The number of hydrogen-bond donors (Lipinski definition) is 2. The van der Waals surface area contributed by atoms with E-state index in [-0.39, 0.29) is 11.8 Å². The van der Waals surface area contributed by atoms with Gasteiger partial charge < -0.3 is 20.1 Å². The molecule has 6 nitrogen and oxygen atoms in total. The maximum atomic E-state index is 13.3. The average molecular weight is 499 g/mol. The minimum absolute atomic E-state index is 0.133. The molecule has 1 atom stereocenters. The molecule has 0 aliphatic carbocycles. The van der Waals surface area contributed by atoms with E-state index in [0.29, 0.717) is 22.7 Å². The zero-order valence-corrected chi connectivity index (χ0v) is 20.8. The summed E-state index contributed by atoms with van der Waals surface area (Å²) in [5.74, 6) is 0.983. The summed E-state index contributed by atoms with van der Waals surface area (Å²) in [4.78, 5) is 26.8. The van der Waals surface area contributed by atoms with Gasteiger partial charge in [-0.2, -0.15) is 0 Å². The van der Waals surface area contributed by atoms with Crippen LogP contribution >= 0.6 is 11.8 Å². The molecule has 4 aromatic carbocycles. The number of benzene rings is 4. The first-order chi connectivity index (χ1) is 17.6. The van der Waals surface area contributed by atoms with Gasteiger partial charge in [0.05, 0.1) is 14.2 Å². The van der Waals surface area contributed by atoms with E-state index in [1.165, 1.54) is 11.8 Å². The van der Waals surface area contributed by atoms with Crippen molar-refractivity contribution in [1.29, 1.82) is 0 Å². The van der Waals surface area contributed by atoms with Crippen molar-refractivity contribution in [3.63, 3.8) is 0 Å². The molecule has 182 valence electrons. The van der Waals surface area contributed by atoms with Gasteiger partial charge in [0.25, 0.3) is 5.91 Å². The quantitative estimate of drug-likeness (QED) is 0.260. The van der Waals surface area contributed by atoms with E-state index < -0.39 is 5.25 Å². The molecule has 7 heteroatoms. The Kier molecular flexibility index (Phi) is 8.26. The summed E-state index contributed by atoms with van der Waals surface area (Å²) in [5.41, 5.74) is 2.75. The predicted molar refractivity (Wildman–Crippen MR) is 144 cm³/mol. The molecule has 0 saturated heterocycles. The molecular formula is C29H26N2O4S. The minimum Gasteiger partial charge on any atom is -0.497 e. The van der Waals surface area contributed by atoms with Crippen molar-refractivity contribution >= 4 is 35.0 Å². The Morgan fingerprint density at radius 2 is 1.33 bits per heavy atom. The standard InChI is InChI=1S/C29H26N2O4S/c1-34-24-15-11-22(12-16-24)31-29(33)27(20-7-4-3-5-8-20)36-26-17-13-23(14-18-26)30-28(32)21-9-6-10-25(19-21)35-2/h3-19,27H,1-2H3,(H,30,32)(H,31,33). The first-order valence-corrected chi connectivity index (χ1v) is 12.2. The summed E-state index contributed by atoms with van der Waals surface area (Å²) < 4.78 is 10.4. The number of amides is 2. The second kappa shape index (κ2) is 12.0. The topological polar surface area (TPSA) is 76.7 Å². The summed E-state index contributed by atoms with van der Waals surface area (Å²) in [6.45, 7) is 0. The molecule has 4 aromatic rings. The van der Waals surface area contributed by atoms with Gasteiger partial charge in [0.15, 0.2) is 0 Å². The molecule has 0 saturated carbocycles. The first-order valence-electron chi connectivity index (χ1n) is 11.3. The second-order valence-electron chi connectivity index (χ2n) is 7.84. The Balaban J connectivity index is 1.47. The molecule has 0 radical (unpaired) electrons. The van der Waals surface area contributed by atoms with Gasteiger partial charge in [-0.1, -0.05) is 36.4 Å². The van der Waals surface area contributed by atoms with Crippen molar-refractivity contribution in [3.05, 3.63) is 114 Å². The van der Waals surface area contributed by atoms with Crippen molar-refractivity contribution in [3.8, 4) is 11.5 Å². The number of ether oxygens (including phenoxy) is 2. The highest BCUT2D eigenvalue weighted by atomic mass is 32.2. The Morgan fingerprint density at radius 1 is 0.694 bits per heavy atom. The highest BCUT2D eigenvalue weighted by molar-refractivity contribution is 8.00. The number of anilines is 2. The maximum absolute atomic E-state index is 13.3. The van der Waals surface area contributed by atoms with E-state index in [4.69, 9.17) is 9.47 Å². The number of thioether (sulfide) groups is 1. The summed E-state index contributed by atoms with van der Waals surface area (Å²) in [6.07, 6.45) is 0. The average Bonchev–Trinajstić information content (AvgIpc) is 2.93. The van der Waals surface area contributed by atoms with Gasteiger partial charge in [0.2, 0.25) is 5.91 Å². The predicted octanol–water partition coefficient (Wildman–Crippen LogP) is 6.43. The molecule has 0 bridgehead atoms. The summed E-state index contributed by atoms with van der Waals surface area (Å²) in [7, 11) is 3.17. The van der Waals surface area contributed by atoms with Crippen LogP contribution in [0, 0.1) is 0 Å². The van der Waals surface area contributed by atoms with Crippen molar-refractivity contribution in [2.24, 2.45) is 0 Å². The van der Waals surface area contributed by atoms with Crippen LogP contribution in [0.4, 0.5) is 11.4 Å². The molecule has 0 aromatic heterocycles. The highest BCUT2D eigenvalue weighted by Crippen LogP contribution is 2.37. The van der Waals surface area contributed by atoms with E-state index in [9.17, 15) is 9.59 Å². The molecule has 0 heterocycles. The number of hydrogen-bond acceptors (Lipinski definition) is 5. The third-order valence-corrected chi connectivity index (χ3v) is 6.66. The lowest BCUT2D eigenvalue weighted by Crippen LogP contribution is -2.19. The SMILES string of the molecule is COc1ccc(NC(=O)C(Sc2ccc(NC(=O)c3cccc(OC)c3)cc2)c2ccccc2)cc1. The molecule has 2 N–H and O–H groups in total. The maximum Gasteiger partial charge on any atom is 0.255 e. The first kappa shape index (κ1) is 24.9. The number of carbonyl (C=O) groups excluding carboxylic acids is 2. The fourth-order valence-electron chi connectivity index (χ4n) is 3.50. The number of rotatable bonds is 9. The number of nitrogens with one attached hydrogen (secondary N) is 2. The Morgan fingerprint density at radius 3 is 2.00 bits per heavy atom. The van der Waals surface area contributed by atoms with E-state index in [1.807, 2.05) is 66.7 Å². The second-order valence-corrected chi connectivity index (χ2v) is 9.02. The molecule has 0 spiro atoms. The van der Waals surface area contributed by atoms with Gasteiger partial charge in [0, 0.05) is 21.8 Å². The molecular weight excluding hydrogens is 472 g/mol. The lowest BCUT2D eigenvalue weighted by molar-refractivity contribution is -0.115. The van der Waals surface area contributed by atoms with Gasteiger partial charge in [-0.05, 0) is 72.3 Å². The lowest BCUT2D eigenvalue weighted by atomic mass is 10.1. The van der Waals surface area contributed by atoms with Crippen LogP contribution in [0.5, 0.6) is 11.5 Å². The molecule has 36 heavy (non-hydrogen) atoms. The smallest absolute Gasteiger partial charge is 0.255 e. The summed E-state index contributed by atoms with van der Waals surface area (Å²) in [5, 5.41) is 5.42. The Labute approximate surface area is 214 Å². The van der Waals surface area contributed by atoms with Crippen LogP contribution in [0.2, 0.25) is 0 Å². The highest BCUT2D eigenvalue weighted by Gasteiger charge is 2.22. The van der Waals surface area contributed by atoms with Gasteiger partial charge in [0.1, 0.15) is 16.7 Å². The minimum atomic E-state index is -0.467. The van der Waals surface area contributed by atoms with Crippen LogP contribution in [0.3, 0.4) is 0 Å². The van der Waals surface area contributed by atoms with Crippen LogP contribution in [0.15, 0.2) is 108 Å². The largest absolute Gasteiger partial charge is 0.497 e. The van der Waals surface area contributed by atoms with Crippen molar-refractivity contribution in [1.82, 2.24) is 0 Å². The lowest BCUT2D eigenvalue weighted by Gasteiger charge is -2.17. The fourth-order valence-corrected chi connectivity index (χ4v) is 4.53. The molecule has 2 amide bonds. The zero-order valence-electron chi connectivity index (χ0n) is 19.9. The Bertz CT molecular complexity index is 1310. The van der Waals surface area contributed by atoms with Crippen LogP contribution in [0.1, 0.15) is 21.2 Å². The number of methoxy groups -OCH3 is 2. The zero-order chi connectivity index (χ0) is 25.3. The van der Waals surface area contributed by atoms with E-state index in [1.54, 1.807) is 50.6 Å². The van der Waals surface area contributed by atoms with Crippen molar-refractivity contribution in [2.45, 2.75) is 10.1 Å². The fraction of sp³-hybridized carbons (Fsp3) is 0.103. The monoisotopic (exact) mass is 498 g/mol. The molecule has 0 fully saturated rings. The molecule has 4 rings (SSSR count). The van der Waals surface area contributed by atoms with Gasteiger partial charge >= 0.3 is 0 Å². The van der Waals surface area contributed by atoms with E-state index >= 15 is 0 Å². The van der Waals surface area contributed by atoms with Gasteiger partial charge in [-0.15, -0.1) is 11.8 Å². The van der Waals surface area contributed by atoms with Crippen LogP contribution in [-0.2, 0) is 4.79 Å². The van der Waals surface area contributed by atoms with E-state index in [0.717, 1.165) is 16.2 Å². The van der Waals surface area contributed by atoms with Crippen molar-refractivity contribution < 1.29 is 19.1 Å². The summed E-state index contributed by atoms with van der Waals surface area (Å²) >= 11 is 1.44. The third-order valence-electron chi connectivity index (χ3n) is 5.40.